The molecular weight excluding hydrogens is 409 g/mol. The highest BCUT2D eigenvalue weighted by atomic mass is 35.5. The second kappa shape index (κ2) is 7.81. The SMILES string of the molecule is O=C1N(Cc2ccccc2)c2ccccc2C1(O)CC(O)c1ccc(Cl)cc1Cl. The first-order chi connectivity index (χ1) is 13.9. The minimum atomic E-state index is -1.85. The number of hydrogen-bond donors (Lipinski definition) is 2. The van der Waals surface area contributed by atoms with Gasteiger partial charge in [-0.2, -0.15) is 0 Å². The number of aliphatic hydroxyl groups is 2. The van der Waals surface area contributed by atoms with E-state index in [-0.39, 0.29) is 11.4 Å². The van der Waals surface area contributed by atoms with Crippen LogP contribution in [0.4, 0.5) is 5.69 Å². The lowest BCUT2D eigenvalue weighted by molar-refractivity contribution is -0.139. The summed E-state index contributed by atoms with van der Waals surface area (Å²) in [5.74, 6) is -0.466. The minimum absolute atomic E-state index is 0.213. The molecule has 0 saturated heterocycles. The zero-order chi connectivity index (χ0) is 20.6. The first-order valence-corrected chi connectivity index (χ1v) is 9.96. The lowest BCUT2D eigenvalue weighted by Crippen LogP contribution is -2.41. The van der Waals surface area contributed by atoms with Gasteiger partial charge in [0.05, 0.1) is 18.3 Å². The normalized spacial score (nSPS) is 19.3. The predicted octanol–water partition coefficient (Wildman–Crippen LogP) is 4.85. The molecule has 0 aliphatic carbocycles. The second-order valence-electron chi connectivity index (χ2n) is 7.14. The average Bonchev–Trinajstić information content (AvgIpc) is 2.91. The fourth-order valence-corrected chi connectivity index (χ4v) is 4.32. The summed E-state index contributed by atoms with van der Waals surface area (Å²) in [7, 11) is 0. The van der Waals surface area contributed by atoms with Gasteiger partial charge in [0.2, 0.25) is 0 Å². The number of amides is 1. The molecule has 2 atom stereocenters. The van der Waals surface area contributed by atoms with Crippen molar-refractivity contribution in [2.75, 3.05) is 4.90 Å². The van der Waals surface area contributed by atoms with Crippen LogP contribution >= 0.6 is 23.2 Å². The Kier molecular flexibility index (Phi) is 5.36. The summed E-state index contributed by atoms with van der Waals surface area (Å²) in [5, 5.41) is 22.9. The number of carbonyl (C=O) groups excluding carboxylic acids is 1. The maximum absolute atomic E-state index is 13.3. The molecule has 0 spiro atoms. The van der Waals surface area contributed by atoms with Gasteiger partial charge in [0.1, 0.15) is 0 Å². The number of benzene rings is 3. The Morgan fingerprint density at radius 2 is 1.66 bits per heavy atom. The van der Waals surface area contributed by atoms with E-state index < -0.39 is 17.6 Å². The Morgan fingerprint density at radius 1 is 0.966 bits per heavy atom. The molecule has 29 heavy (non-hydrogen) atoms. The van der Waals surface area contributed by atoms with E-state index in [1.54, 1.807) is 35.2 Å². The Balaban J connectivity index is 1.68. The van der Waals surface area contributed by atoms with Crippen LogP contribution in [0.1, 0.15) is 29.2 Å². The van der Waals surface area contributed by atoms with Gasteiger partial charge in [-0.05, 0) is 29.3 Å². The molecule has 3 aromatic rings. The van der Waals surface area contributed by atoms with Crippen molar-refractivity contribution in [1.29, 1.82) is 0 Å². The molecule has 1 heterocycles. The monoisotopic (exact) mass is 427 g/mol. The summed E-state index contributed by atoms with van der Waals surface area (Å²) in [6, 6.07) is 21.4. The van der Waals surface area contributed by atoms with Gasteiger partial charge < -0.3 is 15.1 Å². The Hall–Kier alpha value is -2.37. The number of anilines is 1. The van der Waals surface area contributed by atoms with Gasteiger partial charge in [-0.1, -0.05) is 77.8 Å². The quantitative estimate of drug-likeness (QED) is 0.611. The summed E-state index contributed by atoms with van der Waals surface area (Å²) in [5.41, 5.74) is 0.620. The highest BCUT2D eigenvalue weighted by Crippen LogP contribution is 2.46. The molecular formula is C23H19Cl2NO3. The summed E-state index contributed by atoms with van der Waals surface area (Å²) in [6.07, 6.45) is -1.35. The first-order valence-electron chi connectivity index (χ1n) is 9.21. The van der Waals surface area contributed by atoms with Crippen LogP contribution < -0.4 is 4.90 Å². The zero-order valence-electron chi connectivity index (χ0n) is 15.4. The van der Waals surface area contributed by atoms with E-state index in [0.717, 1.165) is 5.56 Å². The molecule has 0 fully saturated rings. The van der Waals surface area contributed by atoms with Gasteiger partial charge in [0, 0.05) is 22.0 Å². The van der Waals surface area contributed by atoms with Crippen LogP contribution in [0, 0.1) is 0 Å². The zero-order valence-corrected chi connectivity index (χ0v) is 16.9. The summed E-state index contributed by atoms with van der Waals surface area (Å²) < 4.78 is 0. The maximum atomic E-state index is 13.3. The number of carbonyl (C=O) groups is 1. The van der Waals surface area contributed by atoms with Gasteiger partial charge in [0.25, 0.3) is 5.91 Å². The molecule has 148 valence electrons. The average molecular weight is 428 g/mol. The van der Waals surface area contributed by atoms with Gasteiger partial charge in [-0.25, -0.2) is 0 Å². The molecule has 0 radical (unpaired) electrons. The van der Waals surface area contributed by atoms with E-state index in [4.69, 9.17) is 23.2 Å². The molecule has 1 aliphatic heterocycles. The number of aliphatic hydroxyl groups excluding tert-OH is 1. The van der Waals surface area contributed by atoms with Gasteiger partial charge >= 0.3 is 0 Å². The van der Waals surface area contributed by atoms with Crippen LogP contribution in [0.5, 0.6) is 0 Å². The number of fused-ring (bicyclic) bond motifs is 1. The summed E-state index contributed by atoms with van der Waals surface area (Å²) in [4.78, 5) is 14.9. The molecule has 1 amide bonds. The van der Waals surface area contributed by atoms with E-state index >= 15 is 0 Å². The van der Waals surface area contributed by atoms with Gasteiger partial charge in [-0.15, -0.1) is 0 Å². The largest absolute Gasteiger partial charge is 0.388 e. The number of halogens is 2. The molecule has 1 aliphatic rings. The first kappa shape index (κ1) is 19.9. The van der Waals surface area contributed by atoms with E-state index in [9.17, 15) is 15.0 Å². The van der Waals surface area contributed by atoms with E-state index in [2.05, 4.69) is 0 Å². The molecule has 0 saturated carbocycles. The third kappa shape index (κ3) is 3.65. The van der Waals surface area contributed by atoms with Crippen molar-refractivity contribution >= 4 is 34.8 Å². The molecule has 2 unspecified atom stereocenters. The molecule has 2 N–H and O–H groups in total. The molecule has 0 bridgehead atoms. The minimum Gasteiger partial charge on any atom is -0.388 e. The second-order valence-corrected chi connectivity index (χ2v) is 7.98. The van der Waals surface area contributed by atoms with Crippen molar-refractivity contribution in [1.82, 2.24) is 0 Å². The van der Waals surface area contributed by atoms with Gasteiger partial charge in [-0.3, -0.25) is 4.79 Å². The van der Waals surface area contributed by atoms with E-state index in [0.29, 0.717) is 28.4 Å². The smallest absolute Gasteiger partial charge is 0.264 e. The van der Waals surface area contributed by atoms with Crippen LogP contribution in [0.2, 0.25) is 10.0 Å². The van der Waals surface area contributed by atoms with E-state index in [1.807, 2.05) is 36.4 Å². The van der Waals surface area contributed by atoms with Crippen LogP contribution in [0.15, 0.2) is 72.8 Å². The lowest BCUT2D eigenvalue weighted by atomic mass is 9.87. The van der Waals surface area contributed by atoms with Crippen molar-refractivity contribution < 1.29 is 15.0 Å². The van der Waals surface area contributed by atoms with Crippen LogP contribution in [-0.2, 0) is 16.9 Å². The summed E-state index contributed by atoms with van der Waals surface area (Å²) >= 11 is 12.1. The number of hydrogen-bond acceptors (Lipinski definition) is 3. The number of nitrogens with zero attached hydrogens (tertiary/aromatic N) is 1. The third-order valence-electron chi connectivity index (χ3n) is 5.23. The van der Waals surface area contributed by atoms with Crippen LogP contribution in [0.25, 0.3) is 0 Å². The topological polar surface area (TPSA) is 60.8 Å². The maximum Gasteiger partial charge on any atom is 0.264 e. The van der Waals surface area contributed by atoms with E-state index in [1.165, 1.54) is 6.07 Å². The van der Waals surface area contributed by atoms with Crippen molar-refractivity contribution in [3.8, 4) is 0 Å². The standard InChI is InChI=1S/C23H19Cl2NO3/c24-16-10-11-17(19(25)12-16)21(27)13-23(29)18-8-4-5-9-20(18)26(22(23)28)14-15-6-2-1-3-7-15/h1-12,21,27,29H,13-14H2. The fourth-order valence-electron chi connectivity index (χ4n) is 3.79. The molecule has 3 aromatic carbocycles. The van der Waals surface area contributed by atoms with Crippen molar-refractivity contribution in [2.24, 2.45) is 0 Å². The van der Waals surface area contributed by atoms with Crippen LogP contribution in [-0.4, -0.2) is 16.1 Å². The summed E-state index contributed by atoms with van der Waals surface area (Å²) in [6.45, 7) is 0.330. The molecule has 6 heteroatoms. The van der Waals surface area contributed by atoms with Crippen molar-refractivity contribution in [3.63, 3.8) is 0 Å². The Labute approximate surface area is 178 Å². The van der Waals surface area contributed by atoms with Crippen molar-refractivity contribution in [2.45, 2.75) is 24.7 Å². The predicted molar refractivity (Wildman–Crippen MR) is 114 cm³/mol. The Morgan fingerprint density at radius 3 is 2.38 bits per heavy atom. The third-order valence-corrected chi connectivity index (χ3v) is 5.80. The number of rotatable bonds is 5. The fraction of sp³-hybridized carbons (Fsp3) is 0.174. The van der Waals surface area contributed by atoms with Gasteiger partial charge in [0.15, 0.2) is 5.60 Å². The Bertz CT molecular complexity index is 1060. The van der Waals surface area contributed by atoms with Crippen molar-refractivity contribution in [3.05, 3.63) is 99.5 Å². The highest BCUT2D eigenvalue weighted by Gasteiger charge is 2.50. The molecule has 0 aromatic heterocycles. The lowest BCUT2D eigenvalue weighted by Gasteiger charge is -2.26. The molecule has 4 rings (SSSR count). The molecule has 4 nitrogen and oxygen atoms in total. The number of para-hydroxylation sites is 1. The van der Waals surface area contributed by atoms with Crippen LogP contribution in [0.3, 0.4) is 0 Å². The highest BCUT2D eigenvalue weighted by molar-refractivity contribution is 6.35.